The van der Waals surface area contributed by atoms with Crippen molar-refractivity contribution in [3.8, 4) is 11.3 Å². The molecule has 0 radical (unpaired) electrons. The Labute approximate surface area is 192 Å². The molecule has 0 aromatic carbocycles. The fourth-order valence-corrected chi connectivity index (χ4v) is 4.64. The third-order valence-electron chi connectivity index (χ3n) is 6.29. The molecule has 4 aromatic heterocycles. The third-order valence-corrected chi connectivity index (χ3v) is 6.29. The van der Waals surface area contributed by atoms with E-state index in [9.17, 15) is 18.0 Å². The summed E-state index contributed by atoms with van der Waals surface area (Å²) < 4.78 is 45.4. The molecule has 0 aliphatic carbocycles. The van der Waals surface area contributed by atoms with E-state index in [2.05, 4.69) is 20.3 Å². The second-order valence-corrected chi connectivity index (χ2v) is 8.49. The maximum absolute atomic E-state index is 13.7. The molecule has 0 unspecified atom stereocenters. The second-order valence-electron chi connectivity index (χ2n) is 8.49. The molecule has 1 aliphatic rings. The summed E-state index contributed by atoms with van der Waals surface area (Å²) in [5, 5.41) is 12.8. The molecule has 178 valence electrons. The highest BCUT2D eigenvalue weighted by Gasteiger charge is 2.48. The fourth-order valence-electron chi connectivity index (χ4n) is 4.64. The highest BCUT2D eigenvalue weighted by atomic mass is 19.4. The van der Waals surface area contributed by atoms with E-state index in [0.29, 0.717) is 23.6 Å². The minimum absolute atomic E-state index is 0.110. The van der Waals surface area contributed by atoms with Crippen molar-refractivity contribution < 1.29 is 18.0 Å². The van der Waals surface area contributed by atoms with Gasteiger partial charge < -0.3 is 0 Å². The summed E-state index contributed by atoms with van der Waals surface area (Å²) in [6, 6.07) is 0.792. The number of amides is 1. The number of anilines is 1. The highest BCUT2D eigenvalue weighted by molar-refractivity contribution is 6.10. The highest BCUT2D eigenvalue weighted by Crippen LogP contribution is 2.42. The average molecular weight is 472 g/mol. The van der Waals surface area contributed by atoms with Crippen LogP contribution in [-0.4, -0.2) is 52.3 Å². The Morgan fingerprint density at radius 3 is 2.65 bits per heavy atom. The van der Waals surface area contributed by atoms with Crippen molar-refractivity contribution in [2.45, 2.75) is 58.9 Å². The van der Waals surface area contributed by atoms with Gasteiger partial charge in [-0.25, -0.2) is 14.2 Å². The Morgan fingerprint density at radius 1 is 1.21 bits per heavy atom. The van der Waals surface area contributed by atoms with E-state index >= 15 is 0 Å². The summed E-state index contributed by atoms with van der Waals surface area (Å²) in [7, 11) is 0. The van der Waals surface area contributed by atoms with Crippen LogP contribution in [0.3, 0.4) is 0 Å². The Morgan fingerprint density at radius 2 is 1.97 bits per heavy atom. The van der Waals surface area contributed by atoms with Crippen molar-refractivity contribution in [2.75, 3.05) is 4.90 Å². The molecule has 0 saturated heterocycles. The topological polar surface area (TPSA) is 86.1 Å². The van der Waals surface area contributed by atoms with Crippen LogP contribution in [0.15, 0.2) is 30.7 Å². The largest absolute Gasteiger partial charge is 0.410 e. The summed E-state index contributed by atoms with van der Waals surface area (Å²) in [6.45, 7) is 7.86. The smallest absolute Gasteiger partial charge is 0.290 e. The van der Waals surface area contributed by atoms with Gasteiger partial charge in [0.05, 0.1) is 23.8 Å². The molecule has 0 spiro atoms. The van der Waals surface area contributed by atoms with Crippen molar-refractivity contribution >= 4 is 17.4 Å². The van der Waals surface area contributed by atoms with Gasteiger partial charge in [-0.3, -0.25) is 14.4 Å². The lowest BCUT2D eigenvalue weighted by molar-refractivity contribution is -0.174. The van der Waals surface area contributed by atoms with Crippen molar-refractivity contribution in [1.29, 1.82) is 0 Å². The first-order valence-corrected chi connectivity index (χ1v) is 10.9. The first-order valence-electron chi connectivity index (χ1n) is 10.9. The zero-order valence-electron chi connectivity index (χ0n) is 19.1. The van der Waals surface area contributed by atoms with Gasteiger partial charge >= 0.3 is 6.18 Å². The number of rotatable bonds is 3. The molecule has 12 heteroatoms. The summed E-state index contributed by atoms with van der Waals surface area (Å²) in [5.74, 6) is -0.367. The average Bonchev–Trinajstić information content (AvgIpc) is 3.47. The van der Waals surface area contributed by atoms with Gasteiger partial charge in [-0.2, -0.15) is 28.5 Å². The lowest BCUT2D eigenvalue weighted by Crippen LogP contribution is -2.48. The molecule has 1 aliphatic heterocycles. The number of fused-ring (bicyclic) bond motifs is 2. The van der Waals surface area contributed by atoms with Crippen LogP contribution in [0.2, 0.25) is 0 Å². The normalized spacial score (nSPS) is 18.5. The van der Waals surface area contributed by atoms with Crippen LogP contribution in [-0.2, 0) is 6.54 Å². The van der Waals surface area contributed by atoms with E-state index in [-0.39, 0.29) is 17.8 Å². The lowest BCUT2D eigenvalue weighted by atomic mass is 10.0. The van der Waals surface area contributed by atoms with E-state index in [4.69, 9.17) is 0 Å². The molecule has 0 saturated carbocycles. The maximum Gasteiger partial charge on any atom is 0.410 e. The number of alkyl halides is 3. The number of nitrogens with zero attached hydrogens (tertiary/aromatic N) is 8. The van der Waals surface area contributed by atoms with Gasteiger partial charge in [0.2, 0.25) is 0 Å². The molecular weight excluding hydrogens is 449 g/mol. The van der Waals surface area contributed by atoms with Gasteiger partial charge in [0, 0.05) is 36.1 Å². The van der Waals surface area contributed by atoms with Gasteiger partial charge in [0.25, 0.3) is 5.91 Å². The number of carbonyl (C=O) groups is 1. The summed E-state index contributed by atoms with van der Waals surface area (Å²) in [6.07, 6.45) is -0.0412. The summed E-state index contributed by atoms with van der Waals surface area (Å²) in [4.78, 5) is 19.4. The molecule has 0 fully saturated rings. The predicted molar refractivity (Wildman–Crippen MR) is 118 cm³/mol. The first-order chi connectivity index (χ1) is 16.1. The van der Waals surface area contributed by atoms with E-state index in [0.717, 1.165) is 15.9 Å². The quantitative estimate of drug-likeness (QED) is 0.451. The van der Waals surface area contributed by atoms with Crippen LogP contribution in [0.25, 0.3) is 16.9 Å². The number of carbonyl (C=O) groups excluding carboxylic acids is 1. The fraction of sp³-hybridized carbons (Fsp3) is 0.409. The standard InChI is InChI=1S/C22H23F3N8O/c1-5-30-14(4)15(10-27-30)17-6-7-26-20-16(11-28-32(17)20)21(34)31-13(3)9-18(22(23,24)25)33-19(31)8-12(2)29-33/h6-8,10-11,13,18H,5,9H2,1-4H3/t13-,18-/m1/s1. The zero-order valence-corrected chi connectivity index (χ0v) is 19.1. The Balaban J connectivity index is 1.60. The van der Waals surface area contributed by atoms with Gasteiger partial charge in [0.1, 0.15) is 11.4 Å². The Kier molecular flexibility index (Phi) is 4.99. The number of halogens is 3. The molecular formula is C22H23F3N8O. The van der Waals surface area contributed by atoms with Gasteiger partial charge in [-0.15, -0.1) is 0 Å². The number of aryl methyl sites for hydroxylation is 2. The van der Waals surface area contributed by atoms with Crippen LogP contribution in [0.4, 0.5) is 19.0 Å². The Hall–Kier alpha value is -3.70. The Bertz CT molecular complexity index is 1400. The minimum atomic E-state index is -4.47. The summed E-state index contributed by atoms with van der Waals surface area (Å²) in [5.41, 5.74) is 3.43. The van der Waals surface area contributed by atoms with E-state index in [1.54, 1.807) is 36.8 Å². The monoisotopic (exact) mass is 472 g/mol. The molecule has 4 aromatic rings. The summed E-state index contributed by atoms with van der Waals surface area (Å²) >= 11 is 0. The molecule has 5 rings (SSSR count). The number of hydrogen-bond acceptors (Lipinski definition) is 5. The maximum atomic E-state index is 13.7. The molecule has 1 amide bonds. The number of hydrogen-bond donors (Lipinski definition) is 0. The van der Waals surface area contributed by atoms with Crippen LogP contribution in [0.5, 0.6) is 0 Å². The zero-order chi connectivity index (χ0) is 24.4. The van der Waals surface area contributed by atoms with Crippen molar-refractivity contribution in [3.63, 3.8) is 0 Å². The second kappa shape index (κ2) is 7.67. The molecule has 2 atom stereocenters. The lowest BCUT2D eigenvalue weighted by Gasteiger charge is -2.38. The van der Waals surface area contributed by atoms with Crippen molar-refractivity contribution in [2.24, 2.45) is 0 Å². The predicted octanol–water partition coefficient (Wildman–Crippen LogP) is 3.97. The van der Waals surface area contributed by atoms with Gasteiger partial charge in [-0.05, 0) is 40.2 Å². The molecule has 0 N–H and O–H groups in total. The van der Waals surface area contributed by atoms with E-state index < -0.39 is 24.2 Å². The molecule has 5 heterocycles. The van der Waals surface area contributed by atoms with Crippen LogP contribution >= 0.6 is 0 Å². The number of aromatic nitrogens is 7. The van der Waals surface area contributed by atoms with Crippen LogP contribution < -0.4 is 4.90 Å². The molecule has 34 heavy (non-hydrogen) atoms. The van der Waals surface area contributed by atoms with E-state index in [1.807, 2.05) is 18.5 Å². The minimum Gasteiger partial charge on any atom is -0.290 e. The van der Waals surface area contributed by atoms with Crippen LogP contribution in [0, 0.1) is 13.8 Å². The molecule has 0 bridgehead atoms. The third kappa shape index (κ3) is 3.27. The van der Waals surface area contributed by atoms with Gasteiger partial charge in [0.15, 0.2) is 11.7 Å². The van der Waals surface area contributed by atoms with Gasteiger partial charge in [-0.1, -0.05) is 0 Å². The van der Waals surface area contributed by atoms with Crippen molar-refractivity contribution in [1.82, 2.24) is 34.2 Å². The SMILES string of the molecule is CCn1ncc(-c2ccnc3c(C(=O)N4c5cc(C)nn5[C@@H](C(F)(F)F)C[C@H]4C)cnn23)c1C. The van der Waals surface area contributed by atoms with E-state index in [1.165, 1.54) is 17.2 Å². The van der Waals surface area contributed by atoms with Crippen molar-refractivity contribution in [3.05, 3.63) is 47.7 Å². The first kappa shape index (κ1) is 22.1. The molecule has 9 nitrogen and oxygen atoms in total. The van der Waals surface area contributed by atoms with Crippen LogP contribution in [0.1, 0.15) is 48.1 Å².